The summed E-state index contributed by atoms with van der Waals surface area (Å²) in [6, 6.07) is 11.4. The molecule has 1 unspecified atom stereocenters. The minimum atomic E-state index is 0.775. The van der Waals surface area contributed by atoms with E-state index in [-0.39, 0.29) is 0 Å². The highest BCUT2D eigenvalue weighted by molar-refractivity contribution is 7.99. The molecular weight excluding hydrogens is 240 g/mol. The molecule has 1 aliphatic rings. The van der Waals surface area contributed by atoms with Crippen LogP contribution in [0.3, 0.4) is 0 Å². The standard InChI is InChI=1S/C15H24N2S/c1-2-17-11-6-7-14(17)13-16-10-12-18-15-8-4-3-5-9-15/h3-5,8-9,14,16H,2,6-7,10-13H2,1H3. The molecule has 1 aromatic rings. The van der Waals surface area contributed by atoms with Gasteiger partial charge in [-0.2, -0.15) is 0 Å². The molecule has 0 aliphatic carbocycles. The molecule has 18 heavy (non-hydrogen) atoms. The van der Waals surface area contributed by atoms with Crippen LogP contribution in [0.15, 0.2) is 35.2 Å². The summed E-state index contributed by atoms with van der Waals surface area (Å²) in [5.41, 5.74) is 0. The van der Waals surface area contributed by atoms with Gasteiger partial charge < -0.3 is 5.32 Å². The van der Waals surface area contributed by atoms with E-state index >= 15 is 0 Å². The highest BCUT2D eigenvalue weighted by atomic mass is 32.2. The van der Waals surface area contributed by atoms with Gasteiger partial charge in [0.1, 0.15) is 0 Å². The first-order chi connectivity index (χ1) is 8.90. The number of hydrogen-bond acceptors (Lipinski definition) is 3. The van der Waals surface area contributed by atoms with Gasteiger partial charge in [0.15, 0.2) is 0 Å². The zero-order valence-corrected chi connectivity index (χ0v) is 12.1. The van der Waals surface area contributed by atoms with E-state index in [1.165, 1.54) is 30.8 Å². The van der Waals surface area contributed by atoms with Crippen molar-refractivity contribution in [2.75, 3.05) is 31.9 Å². The van der Waals surface area contributed by atoms with Gasteiger partial charge in [0.2, 0.25) is 0 Å². The SMILES string of the molecule is CCN1CCCC1CNCCSc1ccccc1. The van der Waals surface area contributed by atoms with Crippen molar-refractivity contribution in [2.24, 2.45) is 0 Å². The fourth-order valence-electron chi connectivity index (χ4n) is 2.57. The van der Waals surface area contributed by atoms with Gasteiger partial charge in [0, 0.05) is 29.8 Å². The van der Waals surface area contributed by atoms with E-state index in [0.29, 0.717) is 0 Å². The van der Waals surface area contributed by atoms with Crippen LogP contribution in [0.1, 0.15) is 19.8 Å². The fourth-order valence-corrected chi connectivity index (χ4v) is 3.40. The summed E-state index contributed by atoms with van der Waals surface area (Å²) >= 11 is 1.93. The van der Waals surface area contributed by atoms with Crippen molar-refractivity contribution in [2.45, 2.75) is 30.7 Å². The second-order valence-corrected chi connectivity index (χ2v) is 5.96. The molecule has 100 valence electrons. The number of likely N-dealkylation sites (N-methyl/N-ethyl adjacent to an activating group) is 1. The number of nitrogens with zero attached hydrogens (tertiary/aromatic N) is 1. The van der Waals surface area contributed by atoms with Gasteiger partial charge in [-0.3, -0.25) is 4.90 Å². The Balaban J connectivity index is 1.56. The lowest BCUT2D eigenvalue weighted by molar-refractivity contribution is 0.261. The van der Waals surface area contributed by atoms with Crippen LogP contribution in [0.25, 0.3) is 0 Å². The average molecular weight is 264 g/mol. The van der Waals surface area contributed by atoms with Crippen molar-refractivity contribution in [3.05, 3.63) is 30.3 Å². The summed E-state index contributed by atoms with van der Waals surface area (Å²) in [5.74, 6) is 1.16. The Morgan fingerprint density at radius 3 is 2.94 bits per heavy atom. The zero-order valence-electron chi connectivity index (χ0n) is 11.3. The Hall–Kier alpha value is -0.510. The molecular formula is C15H24N2S. The van der Waals surface area contributed by atoms with Crippen LogP contribution in [0.4, 0.5) is 0 Å². The monoisotopic (exact) mass is 264 g/mol. The molecule has 0 bridgehead atoms. The second-order valence-electron chi connectivity index (χ2n) is 4.79. The van der Waals surface area contributed by atoms with E-state index in [9.17, 15) is 0 Å². The highest BCUT2D eigenvalue weighted by Gasteiger charge is 2.21. The predicted molar refractivity (Wildman–Crippen MR) is 80.3 cm³/mol. The molecule has 0 radical (unpaired) electrons. The van der Waals surface area contributed by atoms with Crippen molar-refractivity contribution < 1.29 is 0 Å². The Morgan fingerprint density at radius 2 is 2.17 bits per heavy atom. The van der Waals surface area contributed by atoms with E-state index in [4.69, 9.17) is 0 Å². The van der Waals surface area contributed by atoms with Crippen LogP contribution in [-0.2, 0) is 0 Å². The summed E-state index contributed by atoms with van der Waals surface area (Å²) < 4.78 is 0. The van der Waals surface area contributed by atoms with E-state index in [2.05, 4.69) is 47.5 Å². The molecule has 1 aromatic carbocycles. The lowest BCUT2D eigenvalue weighted by atomic mass is 10.2. The molecule has 0 spiro atoms. The van der Waals surface area contributed by atoms with Crippen LogP contribution in [0.5, 0.6) is 0 Å². The van der Waals surface area contributed by atoms with E-state index in [1.807, 2.05) is 11.8 Å². The lowest BCUT2D eigenvalue weighted by Crippen LogP contribution is -2.38. The minimum absolute atomic E-state index is 0.775. The summed E-state index contributed by atoms with van der Waals surface area (Å²) in [7, 11) is 0. The smallest absolute Gasteiger partial charge is 0.0221 e. The van der Waals surface area contributed by atoms with Gasteiger partial charge in [0.25, 0.3) is 0 Å². The fraction of sp³-hybridized carbons (Fsp3) is 0.600. The maximum Gasteiger partial charge on any atom is 0.0221 e. The summed E-state index contributed by atoms with van der Waals surface area (Å²) in [5, 5.41) is 3.60. The van der Waals surface area contributed by atoms with Crippen LogP contribution in [0, 0.1) is 0 Å². The molecule has 2 nitrogen and oxygen atoms in total. The predicted octanol–water partition coefficient (Wildman–Crippen LogP) is 2.85. The Morgan fingerprint density at radius 1 is 1.33 bits per heavy atom. The van der Waals surface area contributed by atoms with Crippen molar-refractivity contribution in [3.8, 4) is 0 Å². The third-order valence-electron chi connectivity index (χ3n) is 3.58. The third kappa shape index (κ3) is 4.30. The molecule has 0 aromatic heterocycles. The van der Waals surface area contributed by atoms with Gasteiger partial charge in [-0.15, -0.1) is 11.8 Å². The molecule has 1 saturated heterocycles. The van der Waals surface area contributed by atoms with Crippen molar-refractivity contribution in [3.63, 3.8) is 0 Å². The number of thioether (sulfide) groups is 1. The maximum atomic E-state index is 3.60. The van der Waals surface area contributed by atoms with E-state index in [0.717, 1.165) is 24.9 Å². The van der Waals surface area contributed by atoms with Crippen molar-refractivity contribution in [1.82, 2.24) is 10.2 Å². The lowest BCUT2D eigenvalue weighted by Gasteiger charge is -2.22. The second kappa shape index (κ2) is 7.82. The van der Waals surface area contributed by atoms with E-state index < -0.39 is 0 Å². The minimum Gasteiger partial charge on any atom is -0.314 e. The molecule has 1 N–H and O–H groups in total. The van der Waals surface area contributed by atoms with Gasteiger partial charge in [-0.1, -0.05) is 25.1 Å². The Kier molecular flexibility index (Phi) is 6.05. The maximum absolute atomic E-state index is 3.60. The van der Waals surface area contributed by atoms with Crippen LogP contribution < -0.4 is 5.32 Å². The topological polar surface area (TPSA) is 15.3 Å². The molecule has 0 amide bonds. The number of hydrogen-bond donors (Lipinski definition) is 1. The van der Waals surface area contributed by atoms with Crippen molar-refractivity contribution in [1.29, 1.82) is 0 Å². The van der Waals surface area contributed by atoms with Crippen LogP contribution in [0.2, 0.25) is 0 Å². The zero-order chi connectivity index (χ0) is 12.6. The Bertz CT molecular complexity index is 329. The summed E-state index contributed by atoms with van der Waals surface area (Å²) in [6.45, 7) is 7.02. The summed E-state index contributed by atoms with van der Waals surface area (Å²) in [6.07, 6.45) is 2.74. The molecule has 2 rings (SSSR count). The first-order valence-corrected chi connectivity index (χ1v) is 8.01. The van der Waals surface area contributed by atoms with Gasteiger partial charge >= 0.3 is 0 Å². The first-order valence-electron chi connectivity index (χ1n) is 7.02. The van der Waals surface area contributed by atoms with Crippen LogP contribution in [-0.4, -0.2) is 42.9 Å². The highest BCUT2D eigenvalue weighted by Crippen LogP contribution is 2.17. The number of rotatable bonds is 7. The molecule has 1 heterocycles. The molecule has 1 atom stereocenters. The average Bonchev–Trinajstić information content (AvgIpc) is 2.87. The normalized spacial score (nSPS) is 20.4. The third-order valence-corrected chi connectivity index (χ3v) is 4.59. The van der Waals surface area contributed by atoms with Crippen LogP contribution >= 0.6 is 11.8 Å². The molecule has 1 aliphatic heterocycles. The van der Waals surface area contributed by atoms with Gasteiger partial charge in [0.05, 0.1) is 0 Å². The number of likely N-dealkylation sites (tertiary alicyclic amines) is 1. The van der Waals surface area contributed by atoms with Crippen molar-refractivity contribution >= 4 is 11.8 Å². The molecule has 1 fully saturated rings. The summed E-state index contributed by atoms with van der Waals surface area (Å²) in [4.78, 5) is 3.97. The molecule has 0 saturated carbocycles. The number of benzene rings is 1. The number of nitrogens with one attached hydrogen (secondary N) is 1. The largest absolute Gasteiger partial charge is 0.314 e. The van der Waals surface area contributed by atoms with E-state index in [1.54, 1.807) is 0 Å². The molecule has 3 heteroatoms. The van der Waals surface area contributed by atoms with Gasteiger partial charge in [-0.25, -0.2) is 0 Å². The Labute approximate surface area is 115 Å². The quantitative estimate of drug-likeness (QED) is 0.602. The van der Waals surface area contributed by atoms with Gasteiger partial charge in [-0.05, 0) is 38.1 Å². The first kappa shape index (κ1) is 13.9.